The maximum atomic E-state index is 13.0. The summed E-state index contributed by atoms with van der Waals surface area (Å²) in [5.74, 6) is 1.46. The van der Waals surface area contributed by atoms with Crippen LogP contribution in [0.2, 0.25) is 0 Å². The molecular weight excluding hydrogens is 418 g/mol. The van der Waals surface area contributed by atoms with Gasteiger partial charge in [0.05, 0.1) is 25.3 Å². The van der Waals surface area contributed by atoms with Crippen LogP contribution in [-0.2, 0) is 17.7 Å². The molecule has 0 spiro atoms. The Morgan fingerprint density at radius 3 is 2.58 bits per heavy atom. The van der Waals surface area contributed by atoms with Crippen LogP contribution < -0.4 is 10.1 Å². The number of anilines is 1. The third-order valence-corrected chi connectivity index (χ3v) is 6.82. The van der Waals surface area contributed by atoms with Gasteiger partial charge < -0.3 is 19.7 Å². The van der Waals surface area contributed by atoms with E-state index in [1.54, 1.807) is 26.6 Å². The van der Waals surface area contributed by atoms with E-state index in [0.29, 0.717) is 24.2 Å². The van der Waals surface area contributed by atoms with Crippen molar-refractivity contribution < 1.29 is 14.3 Å². The highest BCUT2D eigenvalue weighted by molar-refractivity contribution is 5.93. The molecule has 4 rings (SSSR count). The summed E-state index contributed by atoms with van der Waals surface area (Å²) in [6.07, 6.45) is 7.19. The molecule has 0 bridgehead atoms. The highest BCUT2D eigenvalue weighted by Crippen LogP contribution is 2.28. The van der Waals surface area contributed by atoms with Crippen LogP contribution in [0.1, 0.15) is 47.7 Å². The van der Waals surface area contributed by atoms with Gasteiger partial charge in [-0.05, 0) is 48.9 Å². The average molecular weight is 454 g/mol. The SMILES string of the molecule is CCC(COC)Nc1ncc(C(=O)N2CCC(N3CCc4ccc(OC)cc4C3)CC2)cn1. The Kier molecular flexibility index (Phi) is 7.77. The Labute approximate surface area is 196 Å². The molecule has 8 heteroatoms. The first-order chi connectivity index (χ1) is 16.1. The Morgan fingerprint density at radius 1 is 1.15 bits per heavy atom. The van der Waals surface area contributed by atoms with Crippen LogP contribution in [0.3, 0.4) is 0 Å². The molecule has 1 N–H and O–H groups in total. The highest BCUT2D eigenvalue weighted by Gasteiger charge is 2.29. The molecule has 0 saturated carbocycles. The summed E-state index contributed by atoms with van der Waals surface area (Å²) in [5.41, 5.74) is 3.32. The number of nitrogens with one attached hydrogen (secondary N) is 1. The molecule has 1 fully saturated rings. The fourth-order valence-electron chi connectivity index (χ4n) is 4.77. The quantitative estimate of drug-likeness (QED) is 0.658. The Bertz CT molecular complexity index is 928. The number of likely N-dealkylation sites (tertiary alicyclic amines) is 1. The predicted octanol–water partition coefficient (Wildman–Crippen LogP) is 2.99. The summed E-state index contributed by atoms with van der Waals surface area (Å²) >= 11 is 0. The van der Waals surface area contributed by atoms with E-state index in [0.717, 1.165) is 57.6 Å². The van der Waals surface area contributed by atoms with Crippen LogP contribution in [0, 0.1) is 0 Å². The van der Waals surface area contributed by atoms with Crippen molar-refractivity contribution in [3.63, 3.8) is 0 Å². The van der Waals surface area contributed by atoms with Crippen LogP contribution in [0.4, 0.5) is 5.95 Å². The van der Waals surface area contributed by atoms with Crippen LogP contribution in [0.25, 0.3) is 0 Å². The maximum Gasteiger partial charge on any atom is 0.256 e. The van der Waals surface area contributed by atoms with E-state index in [1.165, 1.54) is 11.1 Å². The first-order valence-corrected chi connectivity index (χ1v) is 11.9. The number of benzene rings is 1. The number of aromatic nitrogens is 2. The zero-order valence-electron chi connectivity index (χ0n) is 19.9. The molecule has 1 atom stereocenters. The molecule has 1 unspecified atom stereocenters. The van der Waals surface area contributed by atoms with Gasteiger partial charge in [-0.15, -0.1) is 0 Å². The molecule has 2 aliphatic rings. The van der Waals surface area contributed by atoms with E-state index < -0.39 is 0 Å². The van der Waals surface area contributed by atoms with Crippen molar-refractivity contribution >= 4 is 11.9 Å². The molecule has 2 aliphatic heterocycles. The molecule has 8 nitrogen and oxygen atoms in total. The van der Waals surface area contributed by atoms with Gasteiger partial charge in [-0.3, -0.25) is 9.69 Å². The van der Waals surface area contributed by atoms with Crippen molar-refractivity contribution in [2.24, 2.45) is 0 Å². The molecule has 0 aliphatic carbocycles. The van der Waals surface area contributed by atoms with Gasteiger partial charge in [-0.1, -0.05) is 13.0 Å². The van der Waals surface area contributed by atoms with Crippen LogP contribution in [-0.4, -0.2) is 78.2 Å². The normalized spacial score (nSPS) is 18.0. The Morgan fingerprint density at radius 2 is 1.91 bits per heavy atom. The van der Waals surface area contributed by atoms with E-state index in [2.05, 4.69) is 39.2 Å². The topological polar surface area (TPSA) is 79.8 Å². The summed E-state index contributed by atoms with van der Waals surface area (Å²) in [7, 11) is 3.39. The fourth-order valence-corrected chi connectivity index (χ4v) is 4.77. The summed E-state index contributed by atoms with van der Waals surface area (Å²) in [4.78, 5) is 26.2. The zero-order chi connectivity index (χ0) is 23.2. The standard InChI is InChI=1S/C25H35N5O3/c1-4-21(17-32-2)28-25-26-14-20(15-27-25)24(31)29-11-8-22(9-12-29)30-10-7-18-5-6-23(33-3)13-19(18)16-30/h5-6,13-15,21-22H,4,7-12,16-17H2,1-3H3,(H,26,27,28). The third-order valence-electron chi connectivity index (χ3n) is 6.82. The van der Waals surface area contributed by atoms with Crippen LogP contribution >= 0.6 is 0 Å². The maximum absolute atomic E-state index is 13.0. The first kappa shape index (κ1) is 23.4. The molecule has 178 valence electrons. The van der Waals surface area contributed by atoms with Crippen LogP contribution in [0.5, 0.6) is 5.75 Å². The van der Waals surface area contributed by atoms with Crippen LogP contribution in [0.15, 0.2) is 30.6 Å². The number of nitrogens with zero attached hydrogens (tertiary/aromatic N) is 4. The van der Waals surface area contributed by atoms with E-state index >= 15 is 0 Å². The minimum atomic E-state index is 0.0117. The number of fused-ring (bicyclic) bond motifs is 1. The molecule has 1 amide bonds. The van der Waals surface area contributed by atoms with Gasteiger partial charge in [0.25, 0.3) is 5.91 Å². The van der Waals surface area contributed by atoms with Crippen molar-refractivity contribution in [3.05, 3.63) is 47.3 Å². The van der Waals surface area contributed by atoms with E-state index in [9.17, 15) is 4.79 Å². The second kappa shape index (κ2) is 10.9. The van der Waals surface area contributed by atoms with E-state index in [1.807, 2.05) is 11.0 Å². The number of piperidine rings is 1. The number of hydrogen-bond acceptors (Lipinski definition) is 7. The van der Waals surface area contributed by atoms with Crippen molar-refractivity contribution in [3.8, 4) is 5.75 Å². The largest absolute Gasteiger partial charge is 0.497 e. The first-order valence-electron chi connectivity index (χ1n) is 11.9. The second-order valence-electron chi connectivity index (χ2n) is 8.88. The minimum absolute atomic E-state index is 0.0117. The number of amides is 1. The lowest BCUT2D eigenvalue weighted by atomic mass is 9.95. The van der Waals surface area contributed by atoms with Gasteiger partial charge in [0.2, 0.25) is 5.95 Å². The van der Waals surface area contributed by atoms with Crippen molar-refractivity contribution in [2.75, 3.05) is 45.8 Å². The molecule has 33 heavy (non-hydrogen) atoms. The smallest absolute Gasteiger partial charge is 0.256 e. The summed E-state index contributed by atoms with van der Waals surface area (Å²) in [5, 5.41) is 3.25. The minimum Gasteiger partial charge on any atom is -0.497 e. The number of carbonyl (C=O) groups is 1. The van der Waals surface area contributed by atoms with E-state index in [-0.39, 0.29) is 11.9 Å². The molecule has 2 aromatic rings. The van der Waals surface area contributed by atoms with E-state index in [4.69, 9.17) is 9.47 Å². The van der Waals surface area contributed by atoms with Gasteiger partial charge in [0.1, 0.15) is 5.75 Å². The predicted molar refractivity (Wildman–Crippen MR) is 128 cm³/mol. The lowest BCUT2D eigenvalue weighted by molar-refractivity contribution is 0.0598. The molecule has 1 aromatic heterocycles. The molecule has 0 radical (unpaired) electrons. The lowest BCUT2D eigenvalue weighted by Crippen LogP contribution is -2.48. The Balaban J connectivity index is 1.30. The van der Waals surface area contributed by atoms with Gasteiger partial charge in [0.15, 0.2) is 0 Å². The Hall–Kier alpha value is -2.71. The third kappa shape index (κ3) is 5.62. The van der Waals surface area contributed by atoms with Gasteiger partial charge in [-0.25, -0.2) is 9.97 Å². The molecular formula is C25H35N5O3. The van der Waals surface area contributed by atoms with Gasteiger partial charge in [0, 0.05) is 51.7 Å². The average Bonchev–Trinajstić information content (AvgIpc) is 2.87. The number of ether oxygens (including phenoxy) is 2. The highest BCUT2D eigenvalue weighted by atomic mass is 16.5. The fraction of sp³-hybridized carbons (Fsp3) is 0.560. The van der Waals surface area contributed by atoms with Gasteiger partial charge in [-0.2, -0.15) is 0 Å². The number of hydrogen-bond donors (Lipinski definition) is 1. The van der Waals surface area contributed by atoms with Crippen molar-refractivity contribution in [2.45, 2.75) is 51.2 Å². The molecule has 1 saturated heterocycles. The van der Waals surface area contributed by atoms with Crippen molar-refractivity contribution in [1.82, 2.24) is 19.8 Å². The number of rotatable bonds is 8. The summed E-state index contributed by atoms with van der Waals surface area (Å²) < 4.78 is 10.6. The zero-order valence-corrected chi connectivity index (χ0v) is 19.9. The van der Waals surface area contributed by atoms with Gasteiger partial charge >= 0.3 is 0 Å². The number of methoxy groups -OCH3 is 2. The molecule has 3 heterocycles. The lowest BCUT2D eigenvalue weighted by Gasteiger charge is -2.40. The number of carbonyl (C=O) groups excluding carboxylic acids is 1. The molecule has 1 aromatic carbocycles. The second-order valence-corrected chi connectivity index (χ2v) is 8.88. The van der Waals surface area contributed by atoms with Crippen molar-refractivity contribution in [1.29, 1.82) is 0 Å². The summed E-state index contributed by atoms with van der Waals surface area (Å²) in [6.45, 7) is 6.22. The monoisotopic (exact) mass is 453 g/mol. The summed E-state index contributed by atoms with van der Waals surface area (Å²) in [6, 6.07) is 7.06.